The normalized spacial score (nSPS) is 11.0. The molecule has 7 nitrogen and oxygen atoms in total. The fraction of sp³-hybridized carbons (Fsp3) is 0.273. The van der Waals surface area contributed by atoms with Gasteiger partial charge in [0.15, 0.2) is 11.5 Å². The van der Waals surface area contributed by atoms with Crippen molar-refractivity contribution in [2.24, 2.45) is 7.05 Å². The van der Waals surface area contributed by atoms with Crippen molar-refractivity contribution in [3.8, 4) is 0 Å². The highest BCUT2D eigenvalue weighted by atomic mass is 15.4. The largest absolute Gasteiger partial charge is 0.346 e. The highest BCUT2D eigenvalue weighted by Gasteiger charge is 2.05. The SMILES string of the molecule is Cc1cccc2nc(NCc3ncn(C)n3)nn12. The van der Waals surface area contributed by atoms with Crippen molar-refractivity contribution in [3.63, 3.8) is 0 Å². The molecule has 0 bridgehead atoms. The summed E-state index contributed by atoms with van der Waals surface area (Å²) in [5.41, 5.74) is 1.87. The van der Waals surface area contributed by atoms with Crippen molar-refractivity contribution in [3.05, 3.63) is 36.0 Å². The molecule has 0 radical (unpaired) electrons. The summed E-state index contributed by atoms with van der Waals surface area (Å²) in [7, 11) is 1.84. The number of hydrogen-bond donors (Lipinski definition) is 1. The van der Waals surface area contributed by atoms with Gasteiger partial charge in [0.25, 0.3) is 0 Å². The fourth-order valence-electron chi connectivity index (χ4n) is 1.73. The van der Waals surface area contributed by atoms with E-state index in [2.05, 4.69) is 25.5 Å². The van der Waals surface area contributed by atoms with E-state index in [9.17, 15) is 0 Å². The van der Waals surface area contributed by atoms with Crippen molar-refractivity contribution < 1.29 is 0 Å². The third kappa shape index (κ3) is 1.90. The standard InChI is InChI=1S/C11H13N7/c1-8-4-3-5-10-14-11(16-18(8)10)12-6-9-13-7-17(2)15-9/h3-5,7H,6H2,1-2H3,(H,12,16). The Kier molecular flexibility index (Phi) is 2.44. The first-order valence-corrected chi connectivity index (χ1v) is 5.63. The zero-order chi connectivity index (χ0) is 12.5. The lowest BCUT2D eigenvalue weighted by Gasteiger charge is -1.96. The quantitative estimate of drug-likeness (QED) is 0.736. The molecule has 0 spiro atoms. The summed E-state index contributed by atoms with van der Waals surface area (Å²) in [6.45, 7) is 2.50. The topological polar surface area (TPSA) is 72.9 Å². The summed E-state index contributed by atoms with van der Waals surface area (Å²) in [4.78, 5) is 8.50. The second-order valence-corrected chi connectivity index (χ2v) is 4.06. The van der Waals surface area contributed by atoms with Crippen LogP contribution in [0.15, 0.2) is 24.5 Å². The number of pyridine rings is 1. The van der Waals surface area contributed by atoms with Gasteiger partial charge < -0.3 is 5.32 Å². The lowest BCUT2D eigenvalue weighted by molar-refractivity contribution is 0.746. The van der Waals surface area contributed by atoms with Crippen molar-refractivity contribution in [1.82, 2.24) is 29.4 Å². The first-order valence-electron chi connectivity index (χ1n) is 5.63. The van der Waals surface area contributed by atoms with Gasteiger partial charge >= 0.3 is 0 Å². The first kappa shape index (κ1) is 10.7. The van der Waals surface area contributed by atoms with Crippen LogP contribution in [0, 0.1) is 6.92 Å². The molecule has 0 saturated heterocycles. The Morgan fingerprint density at radius 1 is 1.28 bits per heavy atom. The molecule has 0 atom stereocenters. The summed E-state index contributed by atoms with van der Waals surface area (Å²) in [5.74, 6) is 1.30. The van der Waals surface area contributed by atoms with Crippen LogP contribution in [0.5, 0.6) is 0 Å². The lowest BCUT2D eigenvalue weighted by Crippen LogP contribution is -2.04. The summed E-state index contributed by atoms with van der Waals surface area (Å²) >= 11 is 0. The molecule has 7 heteroatoms. The Hall–Kier alpha value is -2.44. The van der Waals surface area contributed by atoms with Crippen molar-refractivity contribution in [1.29, 1.82) is 0 Å². The molecule has 0 saturated carbocycles. The predicted octanol–water partition coefficient (Wildman–Crippen LogP) is 0.778. The van der Waals surface area contributed by atoms with E-state index < -0.39 is 0 Å². The molecule has 3 aromatic rings. The third-order valence-electron chi connectivity index (χ3n) is 2.60. The predicted molar refractivity (Wildman–Crippen MR) is 66.1 cm³/mol. The van der Waals surface area contributed by atoms with Gasteiger partial charge in [0, 0.05) is 12.7 Å². The minimum absolute atomic E-state index is 0.511. The average Bonchev–Trinajstić information content (AvgIpc) is 2.93. The first-order chi connectivity index (χ1) is 8.72. The minimum Gasteiger partial charge on any atom is -0.346 e. The van der Waals surface area contributed by atoms with Gasteiger partial charge in [-0.1, -0.05) is 6.07 Å². The number of hydrogen-bond acceptors (Lipinski definition) is 5. The molecule has 0 amide bonds. The molecule has 18 heavy (non-hydrogen) atoms. The van der Waals surface area contributed by atoms with E-state index in [1.165, 1.54) is 0 Å². The van der Waals surface area contributed by atoms with Crippen LogP contribution in [0.4, 0.5) is 5.95 Å². The molecule has 3 rings (SSSR count). The number of nitrogens with zero attached hydrogens (tertiary/aromatic N) is 6. The van der Waals surface area contributed by atoms with Crippen molar-refractivity contribution in [2.75, 3.05) is 5.32 Å². The van der Waals surface area contributed by atoms with Gasteiger partial charge in [-0.3, -0.25) is 4.68 Å². The van der Waals surface area contributed by atoms with Crippen LogP contribution < -0.4 is 5.32 Å². The van der Waals surface area contributed by atoms with E-state index >= 15 is 0 Å². The lowest BCUT2D eigenvalue weighted by atomic mass is 10.4. The maximum atomic E-state index is 4.37. The monoisotopic (exact) mass is 243 g/mol. The van der Waals surface area contributed by atoms with Gasteiger partial charge in [-0.25, -0.2) is 9.50 Å². The fourth-order valence-corrected chi connectivity index (χ4v) is 1.73. The van der Waals surface area contributed by atoms with Crippen LogP contribution >= 0.6 is 0 Å². The van der Waals surface area contributed by atoms with Crippen LogP contribution in [0.1, 0.15) is 11.5 Å². The minimum atomic E-state index is 0.511. The van der Waals surface area contributed by atoms with Crippen LogP contribution in [-0.4, -0.2) is 29.4 Å². The Bertz CT molecular complexity index is 682. The molecular formula is C11H13N7. The van der Waals surface area contributed by atoms with Crippen molar-refractivity contribution in [2.45, 2.75) is 13.5 Å². The van der Waals surface area contributed by atoms with Crippen LogP contribution in [0.25, 0.3) is 5.65 Å². The number of anilines is 1. The molecule has 0 unspecified atom stereocenters. The Morgan fingerprint density at radius 2 is 2.17 bits per heavy atom. The number of nitrogens with one attached hydrogen (secondary N) is 1. The summed E-state index contributed by atoms with van der Waals surface area (Å²) in [6.07, 6.45) is 1.66. The van der Waals surface area contributed by atoms with Crippen LogP contribution in [0.2, 0.25) is 0 Å². The van der Waals surface area contributed by atoms with Gasteiger partial charge in [0.05, 0.1) is 6.54 Å². The number of aryl methyl sites for hydroxylation is 2. The highest BCUT2D eigenvalue weighted by Crippen LogP contribution is 2.08. The molecule has 92 valence electrons. The molecule has 0 fully saturated rings. The third-order valence-corrected chi connectivity index (χ3v) is 2.60. The van der Waals surface area contributed by atoms with Crippen LogP contribution in [0.3, 0.4) is 0 Å². The number of rotatable bonds is 3. The smallest absolute Gasteiger partial charge is 0.243 e. The summed E-state index contributed by atoms with van der Waals surface area (Å²) in [6, 6.07) is 5.87. The molecular weight excluding hydrogens is 230 g/mol. The zero-order valence-electron chi connectivity index (χ0n) is 10.2. The second kappa shape index (κ2) is 4.10. The van der Waals surface area contributed by atoms with E-state index in [4.69, 9.17) is 0 Å². The van der Waals surface area contributed by atoms with E-state index in [0.717, 1.165) is 11.3 Å². The maximum Gasteiger partial charge on any atom is 0.243 e. The van der Waals surface area contributed by atoms with E-state index in [1.807, 2.05) is 32.2 Å². The van der Waals surface area contributed by atoms with Gasteiger partial charge in [-0.2, -0.15) is 10.1 Å². The number of aromatic nitrogens is 6. The zero-order valence-corrected chi connectivity index (χ0v) is 10.2. The van der Waals surface area contributed by atoms with Gasteiger partial charge in [-0.15, -0.1) is 5.10 Å². The molecule has 0 aromatic carbocycles. The van der Waals surface area contributed by atoms with Gasteiger partial charge in [0.2, 0.25) is 5.95 Å². The number of fused-ring (bicyclic) bond motifs is 1. The average molecular weight is 243 g/mol. The molecule has 3 aromatic heterocycles. The molecule has 3 heterocycles. The Labute approximate surface area is 103 Å². The van der Waals surface area contributed by atoms with E-state index in [0.29, 0.717) is 18.3 Å². The van der Waals surface area contributed by atoms with Crippen molar-refractivity contribution >= 4 is 11.6 Å². The second-order valence-electron chi connectivity index (χ2n) is 4.06. The molecule has 0 aliphatic heterocycles. The Morgan fingerprint density at radius 3 is 2.89 bits per heavy atom. The van der Waals surface area contributed by atoms with Gasteiger partial charge in [0.1, 0.15) is 6.33 Å². The van der Waals surface area contributed by atoms with Gasteiger partial charge in [-0.05, 0) is 19.1 Å². The Balaban J connectivity index is 1.81. The molecule has 0 aliphatic carbocycles. The maximum absolute atomic E-state index is 4.37. The highest BCUT2D eigenvalue weighted by molar-refractivity contribution is 5.44. The molecule has 1 N–H and O–H groups in total. The summed E-state index contributed by atoms with van der Waals surface area (Å²) in [5, 5.41) is 11.7. The summed E-state index contributed by atoms with van der Waals surface area (Å²) < 4.78 is 3.46. The van der Waals surface area contributed by atoms with E-state index in [1.54, 1.807) is 15.5 Å². The van der Waals surface area contributed by atoms with Crippen LogP contribution in [-0.2, 0) is 13.6 Å². The van der Waals surface area contributed by atoms with E-state index in [-0.39, 0.29) is 0 Å². The molecule has 0 aliphatic rings.